The molecule has 8 rings (SSSR count). The first-order valence-corrected chi connectivity index (χ1v) is 15.0. The third-order valence-corrected chi connectivity index (χ3v) is 8.03. The van der Waals surface area contributed by atoms with Crippen molar-refractivity contribution in [1.29, 1.82) is 0 Å². The minimum absolute atomic E-state index is 0. The van der Waals surface area contributed by atoms with E-state index in [2.05, 4.69) is 103 Å². The number of hydrogen-bond acceptors (Lipinski definition) is 4. The molecule has 0 N–H and O–H groups in total. The zero-order valence-corrected chi connectivity index (χ0v) is 28.4. The monoisotopic (exact) mass is 774 g/mol. The molecule has 4 heterocycles. The largest absolute Gasteiger partial charge is 0.486 e. The first kappa shape index (κ1) is 31.0. The van der Waals surface area contributed by atoms with Crippen molar-refractivity contribution in [1.82, 2.24) is 15.0 Å². The van der Waals surface area contributed by atoms with Crippen molar-refractivity contribution in [3.8, 4) is 33.6 Å². The molecule has 0 atom stereocenters. The fourth-order valence-corrected chi connectivity index (χ4v) is 5.60. The molecule has 0 bridgehead atoms. The minimum atomic E-state index is 0. The van der Waals surface area contributed by atoms with Gasteiger partial charge < -0.3 is 14.4 Å². The normalized spacial score (nSPS) is 10.9. The van der Waals surface area contributed by atoms with E-state index in [9.17, 15) is 0 Å². The second kappa shape index (κ2) is 13.2. The minimum Gasteiger partial charge on any atom is -0.486 e. The van der Waals surface area contributed by atoms with E-state index in [0.29, 0.717) is 5.71 Å². The maximum atomic E-state index is 6.18. The van der Waals surface area contributed by atoms with E-state index in [-0.39, 0.29) is 20.1 Å². The van der Waals surface area contributed by atoms with Gasteiger partial charge in [0.15, 0.2) is 0 Å². The van der Waals surface area contributed by atoms with Crippen molar-refractivity contribution in [2.45, 2.75) is 27.7 Å². The Labute approximate surface area is 282 Å². The van der Waals surface area contributed by atoms with E-state index in [1.807, 2.05) is 62.6 Å². The number of aryl methyl sites for hydroxylation is 4. The van der Waals surface area contributed by atoms with Gasteiger partial charge in [0.2, 0.25) is 5.71 Å². The van der Waals surface area contributed by atoms with Crippen molar-refractivity contribution >= 4 is 32.8 Å². The van der Waals surface area contributed by atoms with Gasteiger partial charge in [-0.15, -0.1) is 53.6 Å². The van der Waals surface area contributed by atoms with E-state index in [4.69, 9.17) is 9.40 Å². The Balaban J connectivity index is 0.000000209. The Morgan fingerprint density at radius 2 is 1.43 bits per heavy atom. The molecule has 0 fully saturated rings. The second-order valence-electron chi connectivity index (χ2n) is 11.4. The van der Waals surface area contributed by atoms with Gasteiger partial charge in [-0.05, 0) is 77.3 Å². The molecule has 5 heteroatoms. The summed E-state index contributed by atoms with van der Waals surface area (Å²) in [5.74, 6) is 0. The van der Waals surface area contributed by atoms with E-state index in [0.717, 1.165) is 55.7 Å². The molecule has 8 aromatic rings. The molecule has 227 valence electrons. The van der Waals surface area contributed by atoms with Crippen LogP contribution in [0.3, 0.4) is 0 Å². The number of furan rings is 1. The molecule has 0 aliphatic rings. The SMILES string of the molecule is Cc1c[c-]c(-c2ccc(C)cn2)cc1.Cc1ccc2c(n1)oc1c(-c3cc(-c4cccc5ccccc45)c(C)cn3)[c-]ccc12.[Ir]. The summed E-state index contributed by atoms with van der Waals surface area (Å²) in [4.78, 5) is 13.6. The van der Waals surface area contributed by atoms with Crippen LogP contribution in [0, 0.1) is 39.8 Å². The van der Waals surface area contributed by atoms with Crippen LogP contribution in [0.25, 0.3) is 66.5 Å². The molecule has 0 unspecified atom stereocenters. The van der Waals surface area contributed by atoms with Crippen LogP contribution in [0.5, 0.6) is 0 Å². The average molecular weight is 774 g/mol. The first-order valence-electron chi connectivity index (χ1n) is 15.0. The molecule has 1 radical (unpaired) electrons. The predicted molar refractivity (Wildman–Crippen MR) is 184 cm³/mol. The summed E-state index contributed by atoms with van der Waals surface area (Å²) < 4.78 is 6.18. The van der Waals surface area contributed by atoms with Crippen LogP contribution in [0.1, 0.15) is 22.4 Å². The summed E-state index contributed by atoms with van der Waals surface area (Å²) in [7, 11) is 0. The van der Waals surface area contributed by atoms with Gasteiger partial charge in [0, 0.05) is 43.6 Å². The second-order valence-corrected chi connectivity index (χ2v) is 11.4. The van der Waals surface area contributed by atoms with Gasteiger partial charge in [-0.25, -0.2) is 4.98 Å². The van der Waals surface area contributed by atoms with Crippen molar-refractivity contribution in [2.24, 2.45) is 0 Å². The quantitative estimate of drug-likeness (QED) is 0.168. The fourth-order valence-electron chi connectivity index (χ4n) is 5.60. The molecule has 0 saturated carbocycles. The zero-order chi connectivity index (χ0) is 30.9. The number of aromatic nitrogens is 3. The van der Waals surface area contributed by atoms with Crippen molar-refractivity contribution < 1.29 is 24.5 Å². The van der Waals surface area contributed by atoms with Gasteiger partial charge in [-0.2, -0.15) is 0 Å². The van der Waals surface area contributed by atoms with E-state index < -0.39 is 0 Å². The van der Waals surface area contributed by atoms with Gasteiger partial charge >= 0.3 is 0 Å². The first-order chi connectivity index (χ1) is 21.9. The van der Waals surface area contributed by atoms with Crippen LogP contribution >= 0.6 is 0 Å². The van der Waals surface area contributed by atoms with Gasteiger partial charge in [0.05, 0.1) is 5.58 Å². The molecular formula is C41H31IrN3O-2. The summed E-state index contributed by atoms with van der Waals surface area (Å²) >= 11 is 0. The molecule has 46 heavy (non-hydrogen) atoms. The number of nitrogens with zero attached hydrogens (tertiary/aromatic N) is 3. The third-order valence-electron chi connectivity index (χ3n) is 8.03. The van der Waals surface area contributed by atoms with Crippen molar-refractivity contribution in [3.05, 3.63) is 150 Å². The van der Waals surface area contributed by atoms with Crippen LogP contribution in [0.15, 0.2) is 120 Å². The van der Waals surface area contributed by atoms with Gasteiger partial charge in [-0.1, -0.05) is 78.5 Å². The van der Waals surface area contributed by atoms with E-state index in [1.165, 1.54) is 27.5 Å². The molecule has 4 aromatic carbocycles. The molecule has 4 aromatic heterocycles. The number of rotatable bonds is 3. The Hall–Kier alpha value is -4.96. The van der Waals surface area contributed by atoms with Gasteiger partial charge in [0.25, 0.3) is 0 Å². The van der Waals surface area contributed by atoms with Crippen LogP contribution in [-0.4, -0.2) is 15.0 Å². The fraction of sp³-hybridized carbons (Fsp3) is 0.0976. The van der Waals surface area contributed by atoms with E-state index in [1.54, 1.807) is 0 Å². The Morgan fingerprint density at radius 1 is 0.630 bits per heavy atom. The van der Waals surface area contributed by atoms with Crippen LogP contribution in [0.2, 0.25) is 0 Å². The summed E-state index contributed by atoms with van der Waals surface area (Å²) in [5.41, 5.74) is 12.0. The maximum absolute atomic E-state index is 6.18. The molecule has 0 aliphatic carbocycles. The summed E-state index contributed by atoms with van der Waals surface area (Å²) in [6.07, 6.45) is 3.81. The Kier molecular flexibility index (Phi) is 8.89. The predicted octanol–water partition coefficient (Wildman–Crippen LogP) is 10.4. The number of fused-ring (bicyclic) bond motifs is 4. The standard InChI is InChI=1S/C28H19N2O.C13H12N.Ir/c1-17-16-29-26(15-25(17)21-10-5-8-19-7-3-4-9-20(19)21)24-12-6-11-22-23-14-13-18(2)30-28(23)31-27(22)24;1-10-3-6-12(7-4-10)13-8-5-11(2)9-14-13;/h3-11,13-16H,1-2H3;3-6,8-9H,1-2H3;/q2*-1;. The molecule has 0 aliphatic heterocycles. The number of pyridine rings is 3. The van der Waals surface area contributed by atoms with Gasteiger partial charge in [0.1, 0.15) is 0 Å². The molecular weight excluding hydrogens is 743 g/mol. The molecule has 0 spiro atoms. The Bertz CT molecular complexity index is 2260. The zero-order valence-electron chi connectivity index (χ0n) is 26.1. The summed E-state index contributed by atoms with van der Waals surface area (Å²) in [6, 6.07) is 41.9. The van der Waals surface area contributed by atoms with Crippen molar-refractivity contribution in [2.75, 3.05) is 0 Å². The van der Waals surface area contributed by atoms with Crippen molar-refractivity contribution in [3.63, 3.8) is 0 Å². The summed E-state index contributed by atoms with van der Waals surface area (Å²) in [5, 5.41) is 4.50. The van der Waals surface area contributed by atoms with Gasteiger partial charge in [-0.3, -0.25) is 0 Å². The Morgan fingerprint density at radius 3 is 2.24 bits per heavy atom. The summed E-state index contributed by atoms with van der Waals surface area (Å²) in [6.45, 7) is 8.17. The topological polar surface area (TPSA) is 51.8 Å². The molecule has 0 saturated heterocycles. The number of hydrogen-bond donors (Lipinski definition) is 0. The smallest absolute Gasteiger partial charge is 0.216 e. The third kappa shape index (κ3) is 6.12. The van der Waals surface area contributed by atoms with Crippen LogP contribution in [0.4, 0.5) is 0 Å². The maximum Gasteiger partial charge on any atom is 0.216 e. The molecule has 4 nitrogen and oxygen atoms in total. The average Bonchev–Trinajstić information content (AvgIpc) is 3.44. The molecule has 0 amide bonds. The van der Waals surface area contributed by atoms with E-state index >= 15 is 0 Å². The van der Waals surface area contributed by atoms with Crippen LogP contribution in [-0.2, 0) is 20.1 Å². The van der Waals surface area contributed by atoms with Crippen LogP contribution < -0.4 is 0 Å². The number of benzene rings is 4.